The molecule has 0 spiro atoms. The van der Waals surface area contributed by atoms with Crippen molar-refractivity contribution in [3.63, 3.8) is 0 Å². The Labute approximate surface area is 194 Å². The zero-order valence-electron chi connectivity index (χ0n) is 19.3. The Bertz CT molecular complexity index is 962. The van der Waals surface area contributed by atoms with Gasteiger partial charge in [0.15, 0.2) is 17.2 Å². The smallest absolute Gasteiger partial charge is 0.200 e. The van der Waals surface area contributed by atoms with Gasteiger partial charge < -0.3 is 30.3 Å². The largest absolute Gasteiger partial charge is 0.508 e. The van der Waals surface area contributed by atoms with Crippen molar-refractivity contribution in [3.05, 3.63) is 35.4 Å². The Morgan fingerprint density at radius 3 is 2.24 bits per heavy atom. The van der Waals surface area contributed by atoms with Crippen molar-refractivity contribution in [2.75, 3.05) is 0 Å². The van der Waals surface area contributed by atoms with Gasteiger partial charge in [-0.15, -0.1) is 0 Å². The molecule has 7 nitrogen and oxygen atoms in total. The van der Waals surface area contributed by atoms with E-state index in [1.807, 2.05) is 6.92 Å². The predicted octanol–water partition coefficient (Wildman–Crippen LogP) is 5.46. The Morgan fingerprint density at radius 2 is 1.58 bits per heavy atom. The number of phenolic OH excluding ortho intramolecular Hbond substituents is 5. The lowest BCUT2D eigenvalue weighted by Crippen LogP contribution is -2.35. The summed E-state index contributed by atoms with van der Waals surface area (Å²) >= 11 is 0. The lowest BCUT2D eigenvalue weighted by Gasteiger charge is -2.35. The van der Waals surface area contributed by atoms with Crippen LogP contribution in [0.25, 0.3) is 0 Å². The van der Waals surface area contributed by atoms with Gasteiger partial charge in [-0.3, -0.25) is 4.79 Å². The standard InChI is InChI=1S/C26H34O7/c1-3-4-5-6-7-8-9-15(2)24(31)19-14-18-20(28)12-17(27)13-23(18)33-26(19)16-10-21(29)25(32)22(30)11-16/h10-13,15,19,26-30,32H,3-9,14H2,1-2H3/t15-,19-,26+/m0/s1. The number of ketones is 1. The first-order valence-corrected chi connectivity index (χ1v) is 11.7. The van der Waals surface area contributed by atoms with Crippen LogP contribution >= 0.6 is 0 Å². The predicted molar refractivity (Wildman–Crippen MR) is 124 cm³/mol. The lowest BCUT2D eigenvalue weighted by molar-refractivity contribution is -0.130. The zero-order valence-corrected chi connectivity index (χ0v) is 19.3. The van der Waals surface area contributed by atoms with Crippen molar-refractivity contribution < 1.29 is 35.1 Å². The second-order valence-corrected chi connectivity index (χ2v) is 9.06. The van der Waals surface area contributed by atoms with Crippen LogP contribution in [-0.2, 0) is 11.2 Å². The molecule has 0 aliphatic carbocycles. The molecule has 1 aliphatic heterocycles. The minimum Gasteiger partial charge on any atom is -0.508 e. The molecule has 180 valence electrons. The third-order valence-electron chi connectivity index (χ3n) is 6.48. The third-order valence-corrected chi connectivity index (χ3v) is 6.48. The molecule has 33 heavy (non-hydrogen) atoms. The van der Waals surface area contributed by atoms with Crippen LogP contribution in [0.2, 0.25) is 0 Å². The molecule has 0 amide bonds. The van der Waals surface area contributed by atoms with Crippen LogP contribution in [0, 0.1) is 11.8 Å². The summed E-state index contributed by atoms with van der Waals surface area (Å²) in [6.45, 7) is 4.07. The van der Waals surface area contributed by atoms with Crippen molar-refractivity contribution in [1.29, 1.82) is 0 Å². The fourth-order valence-corrected chi connectivity index (χ4v) is 4.55. The Kier molecular flexibility index (Phi) is 7.95. The number of Topliss-reactive ketones (excluding diaryl/α,β-unsaturated/α-hetero) is 1. The van der Waals surface area contributed by atoms with E-state index >= 15 is 0 Å². The van der Waals surface area contributed by atoms with Gasteiger partial charge in [-0.05, 0) is 25.0 Å². The van der Waals surface area contributed by atoms with E-state index in [0.717, 1.165) is 25.7 Å². The SMILES string of the molecule is CCCCCCCC[C@H](C)C(=O)[C@@H]1Cc2c(O)cc(O)cc2O[C@@H]1c1cc(O)c(O)c(O)c1. The Hall–Kier alpha value is -3.09. The molecule has 0 radical (unpaired) electrons. The van der Waals surface area contributed by atoms with E-state index in [0.29, 0.717) is 11.1 Å². The number of carbonyl (C=O) groups is 1. The first kappa shape index (κ1) is 24.6. The van der Waals surface area contributed by atoms with Crippen molar-refractivity contribution in [3.8, 4) is 34.5 Å². The quantitative estimate of drug-likeness (QED) is 0.236. The van der Waals surface area contributed by atoms with Crippen molar-refractivity contribution >= 4 is 5.78 Å². The van der Waals surface area contributed by atoms with E-state index in [1.54, 1.807) is 0 Å². The number of carbonyl (C=O) groups excluding carboxylic acids is 1. The first-order valence-electron chi connectivity index (χ1n) is 11.7. The lowest BCUT2D eigenvalue weighted by atomic mass is 9.79. The summed E-state index contributed by atoms with van der Waals surface area (Å²) in [5.74, 6) is -2.72. The molecule has 1 heterocycles. The molecule has 0 aromatic heterocycles. The summed E-state index contributed by atoms with van der Waals surface area (Å²) < 4.78 is 6.04. The summed E-state index contributed by atoms with van der Waals surface area (Å²) in [5.41, 5.74) is 0.753. The molecule has 3 atom stereocenters. The minimum absolute atomic E-state index is 0.0289. The molecule has 0 fully saturated rings. The van der Waals surface area contributed by atoms with Crippen molar-refractivity contribution in [2.24, 2.45) is 11.8 Å². The second-order valence-electron chi connectivity index (χ2n) is 9.06. The van der Waals surface area contributed by atoms with Gasteiger partial charge in [-0.2, -0.15) is 0 Å². The number of hydrogen-bond acceptors (Lipinski definition) is 7. The molecular weight excluding hydrogens is 424 g/mol. The number of benzene rings is 2. The van der Waals surface area contributed by atoms with Crippen LogP contribution in [-0.4, -0.2) is 31.3 Å². The first-order chi connectivity index (χ1) is 15.7. The summed E-state index contributed by atoms with van der Waals surface area (Å²) in [4.78, 5) is 13.5. The van der Waals surface area contributed by atoms with Gasteiger partial charge in [0.25, 0.3) is 0 Å². The molecule has 0 bridgehead atoms. The van der Waals surface area contributed by atoms with E-state index in [1.165, 1.54) is 43.5 Å². The van der Waals surface area contributed by atoms with E-state index < -0.39 is 29.3 Å². The molecule has 3 rings (SSSR count). The number of unbranched alkanes of at least 4 members (excludes halogenated alkanes) is 5. The summed E-state index contributed by atoms with van der Waals surface area (Å²) in [6.07, 6.45) is 6.86. The maximum atomic E-state index is 13.5. The Balaban J connectivity index is 1.85. The molecule has 7 heteroatoms. The highest BCUT2D eigenvalue weighted by molar-refractivity contribution is 5.85. The van der Waals surface area contributed by atoms with E-state index in [4.69, 9.17) is 4.74 Å². The molecule has 0 saturated carbocycles. The fourth-order valence-electron chi connectivity index (χ4n) is 4.55. The highest BCUT2D eigenvalue weighted by atomic mass is 16.5. The summed E-state index contributed by atoms with van der Waals surface area (Å²) in [6, 6.07) is 5.09. The number of fused-ring (bicyclic) bond motifs is 1. The molecule has 0 unspecified atom stereocenters. The van der Waals surface area contributed by atoms with Gasteiger partial charge in [-0.25, -0.2) is 0 Å². The normalized spacial score (nSPS) is 18.4. The maximum Gasteiger partial charge on any atom is 0.200 e. The van der Waals surface area contributed by atoms with Crippen molar-refractivity contribution in [2.45, 2.75) is 71.3 Å². The maximum absolute atomic E-state index is 13.5. The van der Waals surface area contributed by atoms with Gasteiger partial charge in [-0.1, -0.05) is 52.4 Å². The number of ether oxygens (including phenoxy) is 1. The molecule has 1 aliphatic rings. The van der Waals surface area contributed by atoms with Gasteiger partial charge in [0.1, 0.15) is 29.1 Å². The van der Waals surface area contributed by atoms with Crippen LogP contribution in [0.3, 0.4) is 0 Å². The minimum atomic E-state index is -0.865. The average Bonchev–Trinajstić information content (AvgIpc) is 2.78. The van der Waals surface area contributed by atoms with Gasteiger partial charge >= 0.3 is 0 Å². The van der Waals surface area contributed by atoms with E-state index in [2.05, 4.69) is 6.92 Å². The zero-order chi connectivity index (χ0) is 24.1. The number of hydrogen-bond donors (Lipinski definition) is 5. The van der Waals surface area contributed by atoms with Crippen LogP contribution in [0.5, 0.6) is 34.5 Å². The van der Waals surface area contributed by atoms with E-state index in [-0.39, 0.29) is 35.4 Å². The second kappa shape index (κ2) is 10.7. The molecule has 2 aromatic carbocycles. The van der Waals surface area contributed by atoms with E-state index in [9.17, 15) is 30.3 Å². The van der Waals surface area contributed by atoms with Crippen molar-refractivity contribution in [1.82, 2.24) is 0 Å². The molecule has 2 aromatic rings. The number of rotatable bonds is 10. The van der Waals surface area contributed by atoms with Crippen LogP contribution < -0.4 is 4.74 Å². The molecular formula is C26H34O7. The van der Waals surface area contributed by atoms with Crippen LogP contribution in [0.4, 0.5) is 0 Å². The highest BCUT2D eigenvalue weighted by Gasteiger charge is 2.39. The van der Waals surface area contributed by atoms with Crippen LogP contribution in [0.1, 0.15) is 76.0 Å². The summed E-state index contributed by atoms with van der Waals surface area (Å²) in [5, 5.41) is 49.9. The van der Waals surface area contributed by atoms with Gasteiger partial charge in [0, 0.05) is 29.2 Å². The molecule has 5 N–H and O–H groups in total. The molecule has 0 saturated heterocycles. The summed E-state index contributed by atoms with van der Waals surface area (Å²) in [7, 11) is 0. The third kappa shape index (κ3) is 5.64. The van der Waals surface area contributed by atoms with Gasteiger partial charge in [0.2, 0.25) is 0 Å². The number of phenols is 5. The number of aromatic hydroxyl groups is 5. The monoisotopic (exact) mass is 458 g/mol. The highest BCUT2D eigenvalue weighted by Crippen LogP contribution is 2.47. The van der Waals surface area contributed by atoms with Crippen LogP contribution in [0.15, 0.2) is 24.3 Å². The Morgan fingerprint density at radius 1 is 0.939 bits per heavy atom. The van der Waals surface area contributed by atoms with Gasteiger partial charge in [0.05, 0.1) is 5.92 Å². The topological polar surface area (TPSA) is 127 Å². The fraction of sp³-hybridized carbons (Fsp3) is 0.500. The average molecular weight is 459 g/mol.